The molecule has 4 amide bonds. The summed E-state index contributed by atoms with van der Waals surface area (Å²) in [6.07, 6.45) is 1.40. The zero-order chi connectivity index (χ0) is 23.7. The second kappa shape index (κ2) is 8.63. The number of anilines is 2. The van der Waals surface area contributed by atoms with Crippen molar-refractivity contribution >= 4 is 35.3 Å². The maximum Gasteiger partial charge on any atom is 0.343 e. The first-order chi connectivity index (χ1) is 15.8. The van der Waals surface area contributed by atoms with Crippen LogP contribution in [0.15, 0.2) is 72.3 Å². The Hall–Kier alpha value is -4.39. The lowest BCUT2D eigenvalue weighted by Gasteiger charge is -2.35. The van der Waals surface area contributed by atoms with Gasteiger partial charge in [-0.3, -0.25) is 9.59 Å². The van der Waals surface area contributed by atoms with E-state index >= 15 is 0 Å². The fourth-order valence-electron chi connectivity index (χ4n) is 3.73. The molecule has 3 aromatic rings. The summed E-state index contributed by atoms with van der Waals surface area (Å²) >= 11 is 0. The summed E-state index contributed by atoms with van der Waals surface area (Å²) in [5.41, 5.74) is 2.49. The van der Waals surface area contributed by atoms with Crippen LogP contribution in [0.3, 0.4) is 0 Å². The summed E-state index contributed by atoms with van der Waals surface area (Å²) in [6, 6.07) is 17.7. The van der Waals surface area contributed by atoms with Crippen molar-refractivity contribution in [3.8, 4) is 11.5 Å². The summed E-state index contributed by atoms with van der Waals surface area (Å²) in [7, 11) is 1.40. The van der Waals surface area contributed by atoms with Gasteiger partial charge in [0.1, 0.15) is 5.57 Å². The minimum Gasteiger partial charge on any atom is -0.504 e. The third kappa shape index (κ3) is 3.85. The molecule has 0 spiro atoms. The summed E-state index contributed by atoms with van der Waals surface area (Å²) in [6.45, 7) is 3.58. The van der Waals surface area contributed by atoms with E-state index in [1.165, 1.54) is 25.3 Å². The van der Waals surface area contributed by atoms with Crippen LogP contribution in [0.5, 0.6) is 11.5 Å². The number of aromatic hydroxyl groups is 1. The molecule has 3 aromatic carbocycles. The number of hydrogen-bond acceptors (Lipinski definition) is 5. The van der Waals surface area contributed by atoms with Crippen molar-refractivity contribution in [2.45, 2.75) is 13.8 Å². The topological polar surface area (TPSA) is 87.2 Å². The zero-order valence-corrected chi connectivity index (χ0v) is 18.4. The van der Waals surface area contributed by atoms with Crippen molar-refractivity contribution in [2.75, 3.05) is 16.9 Å². The molecule has 166 valence electrons. The van der Waals surface area contributed by atoms with Crippen molar-refractivity contribution in [1.29, 1.82) is 0 Å². The van der Waals surface area contributed by atoms with E-state index in [4.69, 9.17) is 4.74 Å². The number of hydrogen-bond donors (Lipinski definition) is 1. The fourth-order valence-corrected chi connectivity index (χ4v) is 3.73. The number of rotatable bonds is 4. The largest absolute Gasteiger partial charge is 0.504 e. The van der Waals surface area contributed by atoms with E-state index in [-0.39, 0.29) is 17.1 Å². The predicted molar refractivity (Wildman–Crippen MR) is 125 cm³/mol. The highest BCUT2D eigenvalue weighted by Crippen LogP contribution is 2.33. The average Bonchev–Trinajstić information content (AvgIpc) is 2.80. The van der Waals surface area contributed by atoms with Gasteiger partial charge in [0.25, 0.3) is 11.8 Å². The molecule has 1 aliphatic heterocycles. The molecular weight excluding hydrogens is 420 g/mol. The third-order valence-electron chi connectivity index (χ3n) is 5.48. The Morgan fingerprint density at radius 2 is 1.30 bits per heavy atom. The molecule has 0 aromatic heterocycles. The van der Waals surface area contributed by atoms with Crippen LogP contribution < -0.4 is 14.5 Å². The fraction of sp³-hybridized carbons (Fsp3) is 0.115. The predicted octanol–water partition coefficient (Wildman–Crippen LogP) is 4.60. The number of para-hydroxylation sites is 2. The quantitative estimate of drug-likeness (QED) is 0.471. The molecule has 0 atom stereocenters. The average molecular weight is 442 g/mol. The molecule has 7 nitrogen and oxygen atoms in total. The summed E-state index contributed by atoms with van der Waals surface area (Å²) < 4.78 is 5.13. The van der Waals surface area contributed by atoms with Gasteiger partial charge in [0.2, 0.25) is 0 Å². The molecule has 0 bridgehead atoms. The van der Waals surface area contributed by atoms with E-state index in [2.05, 4.69) is 0 Å². The van der Waals surface area contributed by atoms with Gasteiger partial charge in [-0.2, -0.15) is 0 Å². The molecule has 1 N–H and O–H groups in total. The van der Waals surface area contributed by atoms with Gasteiger partial charge in [-0.25, -0.2) is 14.6 Å². The molecule has 0 aliphatic carbocycles. The Morgan fingerprint density at radius 3 is 1.79 bits per heavy atom. The number of phenolic OH excluding ortho intramolecular Hbond substituents is 1. The number of benzene rings is 3. The molecule has 4 rings (SSSR count). The van der Waals surface area contributed by atoms with E-state index in [1.54, 1.807) is 56.3 Å². The summed E-state index contributed by atoms with van der Waals surface area (Å²) in [5.74, 6) is -1.32. The highest BCUT2D eigenvalue weighted by Gasteiger charge is 2.44. The van der Waals surface area contributed by atoms with Crippen LogP contribution in [0, 0.1) is 13.8 Å². The van der Waals surface area contributed by atoms with Crippen LogP contribution in [-0.2, 0) is 9.59 Å². The van der Waals surface area contributed by atoms with Crippen molar-refractivity contribution in [2.24, 2.45) is 0 Å². The number of phenols is 1. The molecule has 1 heterocycles. The molecular formula is C26H22N2O5. The molecule has 1 saturated heterocycles. The molecule has 0 radical (unpaired) electrons. The number of barbiturate groups is 1. The normalized spacial score (nSPS) is 14.0. The Morgan fingerprint density at radius 1 is 0.788 bits per heavy atom. The summed E-state index contributed by atoms with van der Waals surface area (Å²) in [5, 5.41) is 9.88. The third-order valence-corrected chi connectivity index (χ3v) is 5.48. The SMILES string of the molecule is COc1cc(C=C2C(=O)N(c3ccccc3C)C(=O)N(c3ccccc3C)C2=O)ccc1O. The maximum absolute atomic E-state index is 13.5. The van der Waals surface area contributed by atoms with Crippen LogP contribution in [0.25, 0.3) is 6.08 Å². The van der Waals surface area contributed by atoms with Crippen molar-refractivity contribution in [1.82, 2.24) is 0 Å². The standard InChI is InChI=1S/C26H22N2O5/c1-16-8-4-6-10-20(16)27-24(30)19(14-18-12-13-22(29)23(15-18)33-3)25(31)28(26(27)32)21-11-7-5-9-17(21)2/h4-15,29H,1-3H3. The first-order valence-electron chi connectivity index (χ1n) is 10.3. The number of amides is 4. The molecule has 33 heavy (non-hydrogen) atoms. The lowest BCUT2D eigenvalue weighted by Crippen LogP contribution is -2.57. The van der Waals surface area contributed by atoms with Gasteiger partial charge in [-0.1, -0.05) is 42.5 Å². The van der Waals surface area contributed by atoms with E-state index in [0.717, 1.165) is 9.80 Å². The number of urea groups is 1. The van der Waals surface area contributed by atoms with E-state index < -0.39 is 17.8 Å². The molecule has 0 saturated carbocycles. The van der Waals surface area contributed by atoms with Gasteiger partial charge in [-0.15, -0.1) is 0 Å². The second-order valence-electron chi connectivity index (χ2n) is 7.63. The lowest BCUT2D eigenvalue weighted by molar-refractivity contribution is -0.121. The van der Waals surface area contributed by atoms with E-state index in [0.29, 0.717) is 28.1 Å². The van der Waals surface area contributed by atoms with Crippen LogP contribution in [0.4, 0.5) is 16.2 Å². The Labute approximate surface area is 191 Å². The summed E-state index contributed by atoms with van der Waals surface area (Å²) in [4.78, 5) is 42.6. The maximum atomic E-state index is 13.5. The Balaban J connectivity index is 1.91. The van der Waals surface area contributed by atoms with Crippen molar-refractivity contribution in [3.63, 3.8) is 0 Å². The number of imide groups is 2. The smallest absolute Gasteiger partial charge is 0.343 e. The van der Waals surface area contributed by atoms with Crippen molar-refractivity contribution < 1.29 is 24.2 Å². The minimum absolute atomic E-state index is 0.0702. The first-order valence-corrected chi connectivity index (χ1v) is 10.3. The van der Waals surface area contributed by atoms with Crippen LogP contribution in [0.2, 0.25) is 0 Å². The van der Waals surface area contributed by atoms with Gasteiger partial charge in [0.05, 0.1) is 18.5 Å². The second-order valence-corrected chi connectivity index (χ2v) is 7.63. The van der Waals surface area contributed by atoms with Gasteiger partial charge >= 0.3 is 6.03 Å². The minimum atomic E-state index is -0.742. The number of aryl methyl sites for hydroxylation is 2. The number of carbonyl (C=O) groups excluding carboxylic acids is 3. The van der Waals surface area contributed by atoms with E-state index in [9.17, 15) is 19.5 Å². The Bertz CT molecular complexity index is 1240. The van der Waals surface area contributed by atoms with Gasteiger partial charge in [0.15, 0.2) is 11.5 Å². The highest BCUT2D eigenvalue weighted by molar-refractivity contribution is 6.46. The Kier molecular flexibility index (Phi) is 5.70. The monoisotopic (exact) mass is 442 g/mol. The van der Waals surface area contributed by atoms with Gasteiger partial charge < -0.3 is 9.84 Å². The number of carbonyl (C=O) groups is 3. The van der Waals surface area contributed by atoms with Gasteiger partial charge in [0, 0.05) is 0 Å². The van der Waals surface area contributed by atoms with Crippen LogP contribution in [-0.4, -0.2) is 30.1 Å². The van der Waals surface area contributed by atoms with Gasteiger partial charge in [-0.05, 0) is 60.9 Å². The molecule has 7 heteroatoms. The number of ether oxygens (including phenoxy) is 1. The molecule has 1 aliphatic rings. The van der Waals surface area contributed by atoms with E-state index in [1.807, 2.05) is 12.1 Å². The lowest BCUT2D eigenvalue weighted by atomic mass is 10.0. The van der Waals surface area contributed by atoms with Crippen molar-refractivity contribution in [3.05, 3.63) is 89.0 Å². The first kappa shape index (κ1) is 21.8. The number of nitrogens with zero attached hydrogens (tertiary/aromatic N) is 2. The highest BCUT2D eigenvalue weighted by atomic mass is 16.5. The van der Waals surface area contributed by atoms with Crippen LogP contribution >= 0.6 is 0 Å². The zero-order valence-electron chi connectivity index (χ0n) is 18.4. The van der Waals surface area contributed by atoms with Crippen LogP contribution in [0.1, 0.15) is 16.7 Å². The molecule has 0 unspecified atom stereocenters. The molecule has 1 fully saturated rings. The number of methoxy groups -OCH3 is 1.